The van der Waals surface area contributed by atoms with Crippen molar-refractivity contribution in [3.63, 3.8) is 0 Å². The number of aromatic carboxylic acids is 1. The first-order chi connectivity index (χ1) is 5.70. The summed E-state index contributed by atoms with van der Waals surface area (Å²) in [6.07, 6.45) is 1.82. The smallest absolute Gasteiger partial charge is 0.340 e. The van der Waals surface area contributed by atoms with Crippen molar-refractivity contribution in [3.8, 4) is 0 Å². The minimum Gasteiger partial charge on any atom is -0.478 e. The number of fused-ring (bicyclic) bond motifs is 1. The number of carboxylic acids is 1. The Balaban J connectivity index is 2.59. The van der Waals surface area contributed by atoms with Crippen molar-refractivity contribution < 1.29 is 9.90 Å². The maximum Gasteiger partial charge on any atom is 0.340 e. The summed E-state index contributed by atoms with van der Waals surface area (Å²) in [5.41, 5.74) is 1.17. The number of carboxylic acid groups (broad SMARTS) is 1. The lowest BCUT2D eigenvalue weighted by atomic mass is 10.2. The van der Waals surface area contributed by atoms with Crippen molar-refractivity contribution in [3.05, 3.63) is 15.9 Å². The molecule has 64 valence electrons. The Hall–Kier alpha value is -0.840. The van der Waals surface area contributed by atoms with E-state index in [-0.39, 0.29) is 0 Å². The minimum atomic E-state index is -0.898. The molecule has 1 aliphatic heterocycles. The Labute approximate surface area is 77.3 Å². The SMILES string of the molecule is O=C(O)c1c(Br)nn2c1CCC2. The molecule has 0 saturated heterocycles. The lowest BCUT2D eigenvalue weighted by Gasteiger charge is -1.92. The van der Waals surface area contributed by atoms with E-state index in [9.17, 15) is 4.79 Å². The van der Waals surface area contributed by atoms with Gasteiger partial charge in [0.25, 0.3) is 0 Å². The van der Waals surface area contributed by atoms with Crippen molar-refractivity contribution in [2.75, 3.05) is 0 Å². The molecule has 5 heteroatoms. The van der Waals surface area contributed by atoms with Crippen LogP contribution in [0.4, 0.5) is 0 Å². The van der Waals surface area contributed by atoms with Crippen LogP contribution < -0.4 is 0 Å². The number of nitrogens with zero attached hydrogens (tertiary/aromatic N) is 2. The zero-order chi connectivity index (χ0) is 8.72. The Morgan fingerprint density at radius 3 is 3.08 bits per heavy atom. The monoisotopic (exact) mass is 230 g/mol. The van der Waals surface area contributed by atoms with Gasteiger partial charge in [0, 0.05) is 6.54 Å². The van der Waals surface area contributed by atoms with Gasteiger partial charge in [-0.1, -0.05) is 0 Å². The molecule has 0 radical (unpaired) electrons. The van der Waals surface area contributed by atoms with Gasteiger partial charge in [0.05, 0.1) is 5.69 Å². The second-order valence-electron chi connectivity index (χ2n) is 2.74. The van der Waals surface area contributed by atoms with Crippen LogP contribution in [0.15, 0.2) is 4.60 Å². The third-order valence-electron chi connectivity index (χ3n) is 2.01. The van der Waals surface area contributed by atoms with Crippen LogP contribution in [0.25, 0.3) is 0 Å². The normalized spacial score (nSPS) is 14.8. The van der Waals surface area contributed by atoms with Crippen LogP contribution in [-0.4, -0.2) is 20.9 Å². The largest absolute Gasteiger partial charge is 0.478 e. The molecule has 2 rings (SSSR count). The van der Waals surface area contributed by atoms with Crippen molar-refractivity contribution >= 4 is 21.9 Å². The van der Waals surface area contributed by atoms with E-state index in [1.807, 2.05) is 0 Å². The molecular weight excluding hydrogens is 224 g/mol. The predicted molar refractivity (Wildman–Crippen MR) is 45.2 cm³/mol. The molecule has 1 aromatic heterocycles. The first-order valence-corrected chi connectivity index (χ1v) is 4.48. The molecule has 0 unspecified atom stereocenters. The molecule has 1 N–H and O–H groups in total. The van der Waals surface area contributed by atoms with E-state index in [0.717, 1.165) is 25.1 Å². The van der Waals surface area contributed by atoms with Crippen LogP contribution in [0.2, 0.25) is 0 Å². The average Bonchev–Trinajstić information content (AvgIpc) is 2.44. The van der Waals surface area contributed by atoms with Crippen molar-refractivity contribution in [1.82, 2.24) is 9.78 Å². The first kappa shape index (κ1) is 7.79. The van der Waals surface area contributed by atoms with E-state index in [0.29, 0.717) is 10.2 Å². The molecule has 0 aliphatic carbocycles. The Morgan fingerprint density at radius 1 is 1.67 bits per heavy atom. The van der Waals surface area contributed by atoms with Crippen LogP contribution in [0.1, 0.15) is 22.5 Å². The molecular formula is C7H7BrN2O2. The van der Waals surface area contributed by atoms with Gasteiger partial charge in [-0.15, -0.1) is 0 Å². The summed E-state index contributed by atoms with van der Waals surface area (Å²) in [5.74, 6) is -0.898. The highest BCUT2D eigenvalue weighted by molar-refractivity contribution is 9.10. The van der Waals surface area contributed by atoms with Crippen LogP contribution in [0.5, 0.6) is 0 Å². The standard InChI is InChI=1S/C7H7BrN2O2/c8-6-5(7(11)12)4-2-1-3-10(4)9-6/h1-3H2,(H,11,12). The van der Waals surface area contributed by atoms with E-state index in [1.54, 1.807) is 4.68 Å². The molecule has 0 fully saturated rings. The van der Waals surface area contributed by atoms with Gasteiger partial charge in [-0.25, -0.2) is 4.79 Å². The Morgan fingerprint density at radius 2 is 2.42 bits per heavy atom. The topological polar surface area (TPSA) is 55.1 Å². The third-order valence-corrected chi connectivity index (χ3v) is 2.57. The molecule has 0 amide bonds. The van der Waals surface area contributed by atoms with Gasteiger partial charge in [-0.2, -0.15) is 5.10 Å². The van der Waals surface area contributed by atoms with E-state index in [1.165, 1.54) is 0 Å². The van der Waals surface area contributed by atoms with Gasteiger partial charge < -0.3 is 5.11 Å². The number of rotatable bonds is 1. The molecule has 4 nitrogen and oxygen atoms in total. The number of halogens is 1. The number of carbonyl (C=O) groups is 1. The second kappa shape index (κ2) is 2.58. The lowest BCUT2D eigenvalue weighted by Crippen LogP contribution is -2.00. The molecule has 0 aromatic carbocycles. The second-order valence-corrected chi connectivity index (χ2v) is 3.50. The zero-order valence-electron chi connectivity index (χ0n) is 6.25. The van der Waals surface area contributed by atoms with E-state index in [2.05, 4.69) is 21.0 Å². The molecule has 0 saturated carbocycles. The highest BCUT2D eigenvalue weighted by atomic mass is 79.9. The van der Waals surface area contributed by atoms with Crippen LogP contribution >= 0.6 is 15.9 Å². The maximum atomic E-state index is 10.8. The zero-order valence-corrected chi connectivity index (χ0v) is 7.84. The number of hydrogen-bond donors (Lipinski definition) is 1. The summed E-state index contributed by atoms with van der Waals surface area (Å²) in [5, 5.41) is 12.9. The molecule has 1 aliphatic rings. The van der Waals surface area contributed by atoms with Gasteiger partial charge in [-0.05, 0) is 28.8 Å². The third kappa shape index (κ3) is 0.964. The van der Waals surface area contributed by atoms with Crippen LogP contribution in [0.3, 0.4) is 0 Å². The molecule has 0 bridgehead atoms. The van der Waals surface area contributed by atoms with E-state index < -0.39 is 5.97 Å². The summed E-state index contributed by atoms with van der Waals surface area (Å²) < 4.78 is 2.21. The van der Waals surface area contributed by atoms with Crippen molar-refractivity contribution in [1.29, 1.82) is 0 Å². The summed E-state index contributed by atoms with van der Waals surface area (Å²) in [7, 11) is 0. The highest BCUT2D eigenvalue weighted by Crippen LogP contribution is 2.25. The molecule has 0 spiro atoms. The molecule has 1 aromatic rings. The number of aryl methyl sites for hydroxylation is 1. The first-order valence-electron chi connectivity index (χ1n) is 3.68. The van der Waals surface area contributed by atoms with Gasteiger partial charge in [0.1, 0.15) is 10.2 Å². The molecule has 2 heterocycles. The average molecular weight is 231 g/mol. The van der Waals surface area contributed by atoms with E-state index >= 15 is 0 Å². The fourth-order valence-electron chi connectivity index (χ4n) is 1.51. The van der Waals surface area contributed by atoms with Crippen molar-refractivity contribution in [2.45, 2.75) is 19.4 Å². The van der Waals surface area contributed by atoms with Gasteiger partial charge in [0.2, 0.25) is 0 Å². The highest BCUT2D eigenvalue weighted by Gasteiger charge is 2.24. The van der Waals surface area contributed by atoms with Crippen LogP contribution in [-0.2, 0) is 13.0 Å². The number of hydrogen-bond acceptors (Lipinski definition) is 2. The maximum absolute atomic E-state index is 10.8. The van der Waals surface area contributed by atoms with Gasteiger partial charge in [-0.3, -0.25) is 4.68 Å². The van der Waals surface area contributed by atoms with Crippen molar-refractivity contribution in [2.24, 2.45) is 0 Å². The summed E-state index contributed by atoms with van der Waals surface area (Å²) in [6.45, 7) is 0.835. The summed E-state index contributed by atoms with van der Waals surface area (Å²) >= 11 is 3.13. The van der Waals surface area contributed by atoms with Crippen LogP contribution in [0, 0.1) is 0 Å². The Kier molecular flexibility index (Phi) is 1.68. The molecule has 0 atom stereocenters. The predicted octanol–water partition coefficient (Wildman–Crippen LogP) is 1.29. The molecule has 12 heavy (non-hydrogen) atoms. The summed E-state index contributed by atoms with van der Waals surface area (Å²) in [4.78, 5) is 10.8. The van der Waals surface area contributed by atoms with E-state index in [4.69, 9.17) is 5.11 Å². The Bertz CT molecular complexity index is 345. The fourth-order valence-corrected chi connectivity index (χ4v) is 2.10. The summed E-state index contributed by atoms with van der Waals surface area (Å²) in [6, 6.07) is 0. The minimum absolute atomic E-state index is 0.326. The lowest BCUT2D eigenvalue weighted by molar-refractivity contribution is 0.0695. The van der Waals surface area contributed by atoms with Gasteiger partial charge >= 0.3 is 5.97 Å². The fraction of sp³-hybridized carbons (Fsp3) is 0.429. The quantitative estimate of drug-likeness (QED) is 0.792. The number of aromatic nitrogens is 2. The van der Waals surface area contributed by atoms with Gasteiger partial charge in [0.15, 0.2) is 0 Å².